The second-order valence-electron chi connectivity index (χ2n) is 7.56. The third-order valence-electron chi connectivity index (χ3n) is 5.52. The first-order valence-electron chi connectivity index (χ1n) is 9.64. The van der Waals surface area contributed by atoms with Crippen molar-refractivity contribution in [3.05, 3.63) is 53.2 Å². The lowest BCUT2D eigenvalue weighted by molar-refractivity contribution is 0.248. The number of hydrogen-bond acceptors (Lipinski definition) is 5. The molecule has 2 aromatic heterocycles. The van der Waals surface area contributed by atoms with Gasteiger partial charge in [-0.3, -0.25) is 0 Å². The molecule has 1 aliphatic heterocycles. The monoisotopic (exact) mass is 372 g/mol. The van der Waals surface area contributed by atoms with Crippen molar-refractivity contribution in [1.29, 1.82) is 5.26 Å². The summed E-state index contributed by atoms with van der Waals surface area (Å²) in [6, 6.07) is 14.1. The van der Waals surface area contributed by atoms with Crippen LogP contribution >= 0.6 is 0 Å². The average molecular weight is 372 g/mol. The number of piperidine rings is 1. The summed E-state index contributed by atoms with van der Waals surface area (Å²) in [5.41, 5.74) is 5.15. The van der Waals surface area contributed by atoms with Gasteiger partial charge in [0, 0.05) is 29.1 Å². The molecule has 4 rings (SSSR count). The van der Waals surface area contributed by atoms with Gasteiger partial charge in [-0.2, -0.15) is 5.26 Å². The normalized spacial score (nSPS) is 17.4. The summed E-state index contributed by atoms with van der Waals surface area (Å²) in [6.07, 6.45) is 2.38. The fraction of sp³-hybridized carbons (Fsp3) is 0.348. The number of hydrogen-bond donors (Lipinski definition) is 0. The molecular weight excluding hydrogens is 348 g/mol. The average Bonchev–Trinajstić information content (AvgIpc) is 2.72. The van der Waals surface area contributed by atoms with Crippen molar-refractivity contribution < 1.29 is 4.74 Å². The number of aromatic nitrogens is 2. The summed E-state index contributed by atoms with van der Waals surface area (Å²) < 4.78 is 5.55. The van der Waals surface area contributed by atoms with E-state index in [1.54, 1.807) is 13.2 Å². The molecule has 1 unspecified atom stereocenters. The molecule has 1 fully saturated rings. The Morgan fingerprint density at radius 1 is 1.18 bits per heavy atom. The summed E-state index contributed by atoms with van der Waals surface area (Å²) in [7, 11) is 3.79. The minimum atomic E-state index is 0.458. The van der Waals surface area contributed by atoms with E-state index in [1.807, 2.05) is 19.1 Å². The van der Waals surface area contributed by atoms with Crippen LogP contribution in [-0.4, -0.2) is 42.1 Å². The predicted molar refractivity (Wildman–Crippen MR) is 110 cm³/mol. The number of nitriles is 1. The van der Waals surface area contributed by atoms with Crippen molar-refractivity contribution in [2.24, 2.45) is 0 Å². The van der Waals surface area contributed by atoms with E-state index in [9.17, 15) is 5.26 Å². The maximum absolute atomic E-state index is 9.22. The summed E-state index contributed by atoms with van der Waals surface area (Å²) in [4.78, 5) is 12.1. The van der Waals surface area contributed by atoms with Gasteiger partial charge in [0.1, 0.15) is 5.75 Å². The van der Waals surface area contributed by atoms with E-state index >= 15 is 0 Å². The van der Waals surface area contributed by atoms with Crippen LogP contribution in [0.25, 0.3) is 22.3 Å². The van der Waals surface area contributed by atoms with E-state index in [-0.39, 0.29) is 0 Å². The number of benzene rings is 1. The fourth-order valence-corrected chi connectivity index (χ4v) is 4.10. The largest absolute Gasteiger partial charge is 0.496 e. The standard InChI is InChI=1S/C23H24N4O/c1-15-11-16(13-24)12-21(28-3)22(15)20-9-7-17-6-8-19(25-23(17)26-20)18-5-4-10-27(2)14-18/h6-9,11-12,18H,4-5,10,14H2,1-3H3. The molecule has 0 spiro atoms. The molecule has 1 saturated heterocycles. The first-order chi connectivity index (χ1) is 13.6. The van der Waals surface area contributed by atoms with Crippen LogP contribution in [0.4, 0.5) is 0 Å². The number of likely N-dealkylation sites (N-methyl/N-ethyl adjacent to an activating group) is 1. The lowest BCUT2D eigenvalue weighted by atomic mass is 9.94. The molecule has 3 heterocycles. The number of ether oxygens (including phenoxy) is 1. The highest BCUT2D eigenvalue weighted by Gasteiger charge is 2.21. The Kier molecular flexibility index (Phi) is 4.97. The molecule has 0 aliphatic carbocycles. The first-order valence-corrected chi connectivity index (χ1v) is 9.64. The summed E-state index contributed by atoms with van der Waals surface area (Å²) in [5, 5.41) is 10.3. The number of pyridine rings is 2. The van der Waals surface area contributed by atoms with Gasteiger partial charge in [-0.1, -0.05) is 0 Å². The quantitative estimate of drug-likeness (QED) is 0.686. The van der Waals surface area contributed by atoms with Gasteiger partial charge in [-0.25, -0.2) is 9.97 Å². The zero-order chi connectivity index (χ0) is 19.7. The third-order valence-corrected chi connectivity index (χ3v) is 5.52. The highest BCUT2D eigenvalue weighted by atomic mass is 16.5. The number of rotatable bonds is 3. The van der Waals surface area contributed by atoms with Gasteiger partial charge < -0.3 is 9.64 Å². The Morgan fingerprint density at radius 3 is 2.75 bits per heavy atom. The van der Waals surface area contributed by atoms with Crippen LogP contribution in [0, 0.1) is 18.3 Å². The first kappa shape index (κ1) is 18.4. The Bertz CT molecular complexity index is 1070. The second-order valence-corrected chi connectivity index (χ2v) is 7.56. The number of likely N-dealkylation sites (tertiary alicyclic amines) is 1. The lowest BCUT2D eigenvalue weighted by Crippen LogP contribution is -2.31. The molecule has 142 valence electrons. The molecule has 0 amide bonds. The molecule has 0 bridgehead atoms. The van der Waals surface area contributed by atoms with E-state index in [0.29, 0.717) is 17.2 Å². The van der Waals surface area contributed by atoms with Gasteiger partial charge in [-0.15, -0.1) is 0 Å². The third kappa shape index (κ3) is 3.44. The van der Waals surface area contributed by atoms with Crippen LogP contribution in [0.15, 0.2) is 36.4 Å². The van der Waals surface area contributed by atoms with Crippen molar-refractivity contribution in [1.82, 2.24) is 14.9 Å². The predicted octanol–water partition coefficient (Wildman–Crippen LogP) is 4.29. The number of nitrogens with zero attached hydrogens (tertiary/aromatic N) is 4. The highest BCUT2D eigenvalue weighted by Crippen LogP contribution is 2.34. The number of fused-ring (bicyclic) bond motifs is 1. The summed E-state index contributed by atoms with van der Waals surface area (Å²) in [5.74, 6) is 1.12. The van der Waals surface area contributed by atoms with Gasteiger partial charge in [0.15, 0.2) is 5.65 Å². The van der Waals surface area contributed by atoms with Crippen LogP contribution in [-0.2, 0) is 0 Å². The van der Waals surface area contributed by atoms with Crippen LogP contribution in [0.5, 0.6) is 5.75 Å². The fourth-order valence-electron chi connectivity index (χ4n) is 4.10. The Labute approximate surface area is 165 Å². The van der Waals surface area contributed by atoms with E-state index in [4.69, 9.17) is 14.7 Å². The zero-order valence-electron chi connectivity index (χ0n) is 16.6. The van der Waals surface area contributed by atoms with Gasteiger partial charge in [-0.05, 0) is 75.3 Å². The topological polar surface area (TPSA) is 62.0 Å². The van der Waals surface area contributed by atoms with Crippen molar-refractivity contribution in [2.45, 2.75) is 25.7 Å². The van der Waals surface area contributed by atoms with Crippen molar-refractivity contribution >= 4 is 11.0 Å². The molecule has 28 heavy (non-hydrogen) atoms. The molecule has 3 aromatic rings. The van der Waals surface area contributed by atoms with Gasteiger partial charge in [0.05, 0.1) is 24.4 Å². The van der Waals surface area contributed by atoms with Crippen LogP contribution < -0.4 is 4.74 Å². The van der Waals surface area contributed by atoms with Gasteiger partial charge in [0.25, 0.3) is 0 Å². The minimum Gasteiger partial charge on any atom is -0.496 e. The number of aryl methyl sites for hydroxylation is 1. The van der Waals surface area contributed by atoms with Crippen LogP contribution in [0.2, 0.25) is 0 Å². The number of methoxy groups -OCH3 is 1. The smallest absolute Gasteiger partial charge is 0.160 e. The Balaban J connectivity index is 1.78. The molecule has 0 N–H and O–H groups in total. The SMILES string of the molecule is COc1cc(C#N)cc(C)c1-c1ccc2ccc(C3CCCN(C)C3)nc2n1. The van der Waals surface area contributed by atoms with Gasteiger partial charge >= 0.3 is 0 Å². The lowest BCUT2D eigenvalue weighted by Gasteiger charge is -2.29. The molecule has 0 saturated carbocycles. The molecule has 5 heteroatoms. The highest BCUT2D eigenvalue weighted by molar-refractivity contribution is 5.81. The Hall–Kier alpha value is -2.97. The minimum absolute atomic E-state index is 0.458. The van der Waals surface area contributed by atoms with E-state index in [0.717, 1.165) is 46.6 Å². The van der Waals surface area contributed by atoms with E-state index in [1.165, 1.54) is 12.8 Å². The van der Waals surface area contributed by atoms with Gasteiger partial charge in [0.2, 0.25) is 0 Å². The van der Waals surface area contributed by atoms with E-state index in [2.05, 4.69) is 36.2 Å². The maximum Gasteiger partial charge on any atom is 0.160 e. The summed E-state index contributed by atoms with van der Waals surface area (Å²) >= 11 is 0. The van der Waals surface area contributed by atoms with Crippen molar-refractivity contribution in [2.75, 3.05) is 27.2 Å². The molecular formula is C23H24N4O. The van der Waals surface area contributed by atoms with Crippen LogP contribution in [0.1, 0.15) is 35.6 Å². The molecule has 5 nitrogen and oxygen atoms in total. The molecule has 1 aliphatic rings. The molecule has 1 aromatic carbocycles. The second kappa shape index (κ2) is 7.57. The molecule has 1 atom stereocenters. The van der Waals surface area contributed by atoms with Crippen molar-refractivity contribution in [3.63, 3.8) is 0 Å². The maximum atomic E-state index is 9.22. The van der Waals surface area contributed by atoms with Crippen LogP contribution in [0.3, 0.4) is 0 Å². The molecule has 0 radical (unpaired) electrons. The van der Waals surface area contributed by atoms with Crippen molar-refractivity contribution in [3.8, 4) is 23.1 Å². The zero-order valence-corrected chi connectivity index (χ0v) is 16.6. The summed E-state index contributed by atoms with van der Waals surface area (Å²) in [6.45, 7) is 4.18. The van der Waals surface area contributed by atoms with E-state index < -0.39 is 0 Å². The Morgan fingerprint density at radius 2 is 2.00 bits per heavy atom.